The fraction of sp³-hybridized carbons (Fsp3) is 0.500. The highest BCUT2D eigenvalue weighted by atomic mass is 16.6. The highest BCUT2D eigenvalue weighted by molar-refractivity contribution is 5.97. The van der Waals surface area contributed by atoms with E-state index in [0.29, 0.717) is 11.6 Å². The molecule has 2 aromatic rings. The molecule has 0 radical (unpaired) electrons. The van der Waals surface area contributed by atoms with E-state index >= 15 is 0 Å². The molecule has 1 unspecified atom stereocenters. The minimum atomic E-state index is -0.357. The lowest BCUT2D eigenvalue weighted by Crippen LogP contribution is -2.52. The van der Waals surface area contributed by atoms with Gasteiger partial charge in [0.05, 0.1) is 11.5 Å². The van der Waals surface area contributed by atoms with E-state index in [1.165, 1.54) is 6.07 Å². The van der Waals surface area contributed by atoms with Gasteiger partial charge in [-0.1, -0.05) is 12.1 Å². The van der Waals surface area contributed by atoms with Gasteiger partial charge in [0.1, 0.15) is 0 Å². The summed E-state index contributed by atoms with van der Waals surface area (Å²) in [6.45, 7) is 8.46. The first-order valence-electron chi connectivity index (χ1n) is 8.54. The topological polar surface area (TPSA) is 71.7 Å². The zero-order valence-electron chi connectivity index (χ0n) is 14.9. The van der Waals surface area contributed by atoms with Crippen molar-refractivity contribution in [1.82, 2.24) is 9.88 Å². The molecule has 0 bridgehead atoms. The molecule has 1 aliphatic heterocycles. The second-order valence-corrected chi connectivity index (χ2v) is 6.54. The van der Waals surface area contributed by atoms with Crippen LogP contribution in [0.5, 0.6) is 0 Å². The van der Waals surface area contributed by atoms with Crippen LogP contribution in [0.2, 0.25) is 0 Å². The molecule has 0 N–H and O–H groups in total. The van der Waals surface area contributed by atoms with Crippen LogP contribution in [0.25, 0.3) is 10.9 Å². The first kappa shape index (κ1) is 17.6. The highest BCUT2D eigenvalue weighted by Gasteiger charge is 2.26. The van der Waals surface area contributed by atoms with Gasteiger partial charge >= 0.3 is 0 Å². The summed E-state index contributed by atoms with van der Waals surface area (Å²) < 4.78 is 5.19. The van der Waals surface area contributed by atoms with E-state index in [0.717, 1.165) is 49.6 Å². The number of methoxy groups -OCH3 is 1. The number of nitro groups is 1. The molecule has 0 aliphatic carbocycles. The molecule has 1 atom stereocenters. The molecular formula is C18H24N4O3. The van der Waals surface area contributed by atoms with Crippen molar-refractivity contribution in [3.63, 3.8) is 0 Å². The summed E-state index contributed by atoms with van der Waals surface area (Å²) in [4.78, 5) is 20.1. The number of benzene rings is 1. The van der Waals surface area contributed by atoms with Crippen LogP contribution in [0, 0.1) is 17.0 Å². The zero-order chi connectivity index (χ0) is 18.0. The fourth-order valence-corrected chi connectivity index (χ4v) is 3.50. The van der Waals surface area contributed by atoms with E-state index in [9.17, 15) is 10.1 Å². The van der Waals surface area contributed by atoms with Gasteiger partial charge in [0.25, 0.3) is 5.69 Å². The van der Waals surface area contributed by atoms with E-state index < -0.39 is 0 Å². The Balaban J connectivity index is 1.94. The van der Waals surface area contributed by atoms with Crippen LogP contribution in [-0.4, -0.2) is 60.7 Å². The molecule has 0 spiro atoms. The van der Waals surface area contributed by atoms with Gasteiger partial charge in [0.2, 0.25) is 0 Å². The number of aryl methyl sites for hydroxylation is 1. The summed E-state index contributed by atoms with van der Waals surface area (Å²) in [6, 6.07) is 7.60. The molecule has 3 rings (SSSR count). The van der Waals surface area contributed by atoms with Gasteiger partial charge in [-0.15, -0.1) is 0 Å². The Bertz CT molecular complexity index is 780. The highest BCUT2D eigenvalue weighted by Crippen LogP contribution is 2.33. The molecule has 7 nitrogen and oxygen atoms in total. The van der Waals surface area contributed by atoms with Crippen LogP contribution in [-0.2, 0) is 4.74 Å². The number of para-hydroxylation sites is 1. The summed E-state index contributed by atoms with van der Waals surface area (Å²) in [5.41, 5.74) is 2.36. The number of pyridine rings is 1. The number of hydrogen-bond acceptors (Lipinski definition) is 6. The summed E-state index contributed by atoms with van der Waals surface area (Å²) >= 11 is 0. The number of aromatic nitrogens is 1. The monoisotopic (exact) mass is 344 g/mol. The third kappa shape index (κ3) is 3.57. The molecule has 1 aromatic carbocycles. The predicted molar refractivity (Wildman–Crippen MR) is 98.3 cm³/mol. The SMILES string of the molecule is COCCN1CCN(c2cc(C)nc3c([N+](=O)[O-])cccc23)CC1C. The van der Waals surface area contributed by atoms with Crippen LogP contribution < -0.4 is 4.90 Å². The van der Waals surface area contributed by atoms with Gasteiger partial charge in [-0.2, -0.15) is 0 Å². The number of hydrogen-bond donors (Lipinski definition) is 0. The minimum Gasteiger partial charge on any atom is -0.383 e. The first-order chi connectivity index (χ1) is 12.0. The number of fused-ring (bicyclic) bond motifs is 1. The number of ether oxygens (including phenoxy) is 1. The Morgan fingerprint density at radius 2 is 2.20 bits per heavy atom. The largest absolute Gasteiger partial charge is 0.383 e. The van der Waals surface area contributed by atoms with Crippen molar-refractivity contribution in [2.45, 2.75) is 19.9 Å². The fourth-order valence-electron chi connectivity index (χ4n) is 3.50. The second kappa shape index (κ2) is 7.33. The van der Waals surface area contributed by atoms with E-state index in [4.69, 9.17) is 4.74 Å². The maximum atomic E-state index is 11.3. The quantitative estimate of drug-likeness (QED) is 0.613. The van der Waals surface area contributed by atoms with E-state index in [1.54, 1.807) is 13.2 Å². The Morgan fingerprint density at radius 1 is 1.40 bits per heavy atom. The van der Waals surface area contributed by atoms with Crippen molar-refractivity contribution >= 4 is 22.3 Å². The molecular weight excluding hydrogens is 320 g/mol. The molecule has 0 amide bonds. The number of non-ortho nitro benzene ring substituents is 1. The van der Waals surface area contributed by atoms with Gasteiger partial charge in [0.15, 0.2) is 5.52 Å². The lowest BCUT2D eigenvalue weighted by molar-refractivity contribution is -0.383. The summed E-state index contributed by atoms with van der Waals surface area (Å²) in [7, 11) is 1.72. The number of anilines is 1. The molecule has 7 heteroatoms. The van der Waals surface area contributed by atoms with Gasteiger partial charge in [-0.25, -0.2) is 4.98 Å². The summed E-state index contributed by atoms with van der Waals surface area (Å²) in [5.74, 6) is 0. The summed E-state index contributed by atoms with van der Waals surface area (Å²) in [6.07, 6.45) is 0. The average Bonchev–Trinajstić information content (AvgIpc) is 2.59. The number of rotatable bonds is 5. The van der Waals surface area contributed by atoms with Gasteiger partial charge in [-0.05, 0) is 19.9 Å². The zero-order valence-corrected chi connectivity index (χ0v) is 14.9. The standard InChI is InChI=1S/C18H24N4O3/c1-13-11-17(15-5-4-6-16(22(23)24)18(15)19-13)21-8-7-20(9-10-25-3)14(2)12-21/h4-6,11,14H,7-10,12H2,1-3H3. The lowest BCUT2D eigenvalue weighted by atomic mass is 10.1. The van der Waals surface area contributed by atoms with Crippen LogP contribution >= 0.6 is 0 Å². The normalized spacial score (nSPS) is 18.7. The maximum Gasteiger partial charge on any atom is 0.295 e. The number of piperazine rings is 1. The molecule has 1 saturated heterocycles. The Hall–Kier alpha value is -2.25. The van der Waals surface area contributed by atoms with Crippen LogP contribution in [0.1, 0.15) is 12.6 Å². The third-order valence-corrected chi connectivity index (χ3v) is 4.81. The Morgan fingerprint density at radius 3 is 2.88 bits per heavy atom. The summed E-state index contributed by atoms with van der Waals surface area (Å²) in [5, 5.41) is 12.2. The Kier molecular flexibility index (Phi) is 5.15. The van der Waals surface area contributed by atoms with Crippen molar-refractivity contribution in [2.24, 2.45) is 0 Å². The van der Waals surface area contributed by atoms with Gasteiger partial charge in [0, 0.05) is 62.2 Å². The van der Waals surface area contributed by atoms with Gasteiger partial charge in [-0.3, -0.25) is 15.0 Å². The van der Waals surface area contributed by atoms with Crippen molar-refractivity contribution in [2.75, 3.05) is 44.8 Å². The lowest BCUT2D eigenvalue weighted by Gasteiger charge is -2.41. The predicted octanol–water partition coefficient (Wildman–Crippen LogP) is 2.61. The van der Waals surface area contributed by atoms with Crippen molar-refractivity contribution in [1.29, 1.82) is 0 Å². The third-order valence-electron chi connectivity index (χ3n) is 4.81. The van der Waals surface area contributed by atoms with E-state index in [-0.39, 0.29) is 10.6 Å². The molecule has 25 heavy (non-hydrogen) atoms. The number of nitro benzene ring substituents is 1. The van der Waals surface area contributed by atoms with Crippen molar-refractivity contribution < 1.29 is 9.66 Å². The van der Waals surface area contributed by atoms with Crippen LogP contribution in [0.15, 0.2) is 24.3 Å². The molecule has 2 heterocycles. The molecule has 1 fully saturated rings. The smallest absolute Gasteiger partial charge is 0.295 e. The van der Waals surface area contributed by atoms with Crippen LogP contribution in [0.4, 0.5) is 11.4 Å². The molecule has 1 aromatic heterocycles. The first-order valence-corrected chi connectivity index (χ1v) is 8.54. The number of nitrogens with zero attached hydrogens (tertiary/aromatic N) is 4. The molecule has 134 valence electrons. The van der Waals surface area contributed by atoms with E-state index in [2.05, 4.69) is 21.7 Å². The van der Waals surface area contributed by atoms with Gasteiger partial charge < -0.3 is 9.64 Å². The molecule has 1 aliphatic rings. The van der Waals surface area contributed by atoms with E-state index in [1.807, 2.05) is 19.1 Å². The second-order valence-electron chi connectivity index (χ2n) is 6.54. The minimum absolute atomic E-state index is 0.0641. The maximum absolute atomic E-state index is 11.3. The van der Waals surface area contributed by atoms with Crippen molar-refractivity contribution in [3.8, 4) is 0 Å². The Labute approximate surface area is 147 Å². The molecule has 0 saturated carbocycles. The van der Waals surface area contributed by atoms with Crippen LogP contribution in [0.3, 0.4) is 0 Å². The van der Waals surface area contributed by atoms with Crippen molar-refractivity contribution in [3.05, 3.63) is 40.1 Å². The average molecular weight is 344 g/mol.